The molecule has 6 aliphatic rings. The fourth-order valence-corrected chi connectivity index (χ4v) is 10.5. The minimum Gasteiger partial charge on any atom is -0.446 e. The molecule has 0 aromatic carbocycles. The van der Waals surface area contributed by atoms with Crippen LogP contribution in [0, 0.1) is 46.3 Å². The first-order chi connectivity index (χ1) is 19.2. The molecule has 5 fully saturated rings. The summed E-state index contributed by atoms with van der Waals surface area (Å²) in [6, 6.07) is 0. The number of aromatic nitrogens is 2. The predicted octanol–water partition coefficient (Wildman–Crippen LogP) is 6.44. The number of hydrogen-bond donors (Lipinski definition) is 1. The molecule has 218 valence electrons. The van der Waals surface area contributed by atoms with Crippen LogP contribution in [0.25, 0.3) is 0 Å². The zero-order valence-electron chi connectivity index (χ0n) is 24.7. The third-order valence-electron chi connectivity index (χ3n) is 12.6. The zero-order valence-corrected chi connectivity index (χ0v) is 24.7. The van der Waals surface area contributed by atoms with Gasteiger partial charge in [0.2, 0.25) is 0 Å². The molecule has 1 aromatic heterocycles. The molecule has 1 spiro atoms. The van der Waals surface area contributed by atoms with Crippen LogP contribution in [0.3, 0.4) is 0 Å². The van der Waals surface area contributed by atoms with E-state index in [1.165, 1.54) is 31.3 Å². The summed E-state index contributed by atoms with van der Waals surface area (Å²) in [4.78, 5) is 20.8. The van der Waals surface area contributed by atoms with E-state index in [0.29, 0.717) is 41.7 Å². The standard InChI is InChI=1S/C33H47N3O4/c1-20-7-12-33(38-19-20)21(2)29-28(40-33)16-27-25-6-5-22-15-24(39-30(37)36-18-23-17-34-13-14-35-23)8-10-31(22,3)26(25)9-11-32(27,29)4/h5,13-14,17,20-21,24-29H,6-12,15-16,18-19H2,1-4H3,(H,36,37)/t20-,21+,24+,25-,26+,27+,28+,29+,31+,32+,33-/m1/s1. The van der Waals surface area contributed by atoms with Gasteiger partial charge in [0.15, 0.2) is 5.79 Å². The van der Waals surface area contributed by atoms with Crippen LogP contribution >= 0.6 is 0 Å². The van der Waals surface area contributed by atoms with Crippen LogP contribution < -0.4 is 5.32 Å². The van der Waals surface area contributed by atoms with Gasteiger partial charge in [0.05, 0.1) is 31.1 Å². The number of rotatable bonds is 3. The lowest BCUT2D eigenvalue weighted by Gasteiger charge is -2.58. The van der Waals surface area contributed by atoms with Gasteiger partial charge < -0.3 is 19.5 Å². The molecule has 11 atom stereocenters. The van der Waals surface area contributed by atoms with Crippen molar-refractivity contribution in [1.29, 1.82) is 0 Å². The monoisotopic (exact) mass is 549 g/mol. The molecule has 0 radical (unpaired) electrons. The van der Waals surface area contributed by atoms with Gasteiger partial charge in [-0.1, -0.05) is 39.3 Å². The van der Waals surface area contributed by atoms with Crippen LogP contribution in [0.2, 0.25) is 0 Å². The third kappa shape index (κ3) is 4.16. The lowest BCUT2D eigenvalue weighted by atomic mass is 9.47. The molecule has 3 saturated carbocycles. The normalized spacial score (nSPS) is 47.5. The average molecular weight is 550 g/mol. The maximum Gasteiger partial charge on any atom is 0.407 e. The van der Waals surface area contributed by atoms with Gasteiger partial charge in [-0.2, -0.15) is 0 Å². The summed E-state index contributed by atoms with van der Waals surface area (Å²) < 4.78 is 19.3. The summed E-state index contributed by atoms with van der Waals surface area (Å²) >= 11 is 0. The van der Waals surface area contributed by atoms with Gasteiger partial charge in [-0.05, 0) is 85.4 Å². The molecule has 2 aliphatic heterocycles. The second-order valence-corrected chi connectivity index (χ2v) is 14.6. The number of hydrogen-bond acceptors (Lipinski definition) is 6. The summed E-state index contributed by atoms with van der Waals surface area (Å²) in [7, 11) is 0. The third-order valence-corrected chi connectivity index (χ3v) is 12.6. The van der Waals surface area contributed by atoms with Gasteiger partial charge in [-0.3, -0.25) is 9.97 Å². The predicted molar refractivity (Wildman–Crippen MR) is 151 cm³/mol. The Morgan fingerprint density at radius 1 is 1.12 bits per heavy atom. The first kappa shape index (κ1) is 26.9. The number of nitrogens with zero attached hydrogens (tertiary/aromatic N) is 2. The van der Waals surface area contributed by atoms with Crippen LogP contribution in [0.15, 0.2) is 30.2 Å². The van der Waals surface area contributed by atoms with Gasteiger partial charge in [0.1, 0.15) is 6.10 Å². The smallest absolute Gasteiger partial charge is 0.407 e. The van der Waals surface area contributed by atoms with Gasteiger partial charge in [-0.15, -0.1) is 0 Å². The van der Waals surface area contributed by atoms with Crippen molar-refractivity contribution < 1.29 is 19.0 Å². The largest absolute Gasteiger partial charge is 0.446 e. The highest BCUT2D eigenvalue weighted by Crippen LogP contribution is 2.70. The highest BCUT2D eigenvalue weighted by atomic mass is 16.7. The highest BCUT2D eigenvalue weighted by Gasteiger charge is 2.68. The highest BCUT2D eigenvalue weighted by molar-refractivity contribution is 5.67. The fourth-order valence-electron chi connectivity index (χ4n) is 10.5. The van der Waals surface area contributed by atoms with E-state index in [-0.39, 0.29) is 23.4 Å². The van der Waals surface area contributed by atoms with E-state index in [0.717, 1.165) is 56.2 Å². The van der Waals surface area contributed by atoms with E-state index in [2.05, 4.69) is 49.1 Å². The number of carbonyl (C=O) groups is 1. The quantitative estimate of drug-likeness (QED) is 0.437. The number of alkyl carbamates (subject to hydrolysis) is 1. The topological polar surface area (TPSA) is 82.6 Å². The van der Waals surface area contributed by atoms with Crippen molar-refractivity contribution in [1.82, 2.24) is 15.3 Å². The van der Waals surface area contributed by atoms with Crippen molar-refractivity contribution in [2.45, 2.75) is 110 Å². The van der Waals surface area contributed by atoms with Gasteiger partial charge >= 0.3 is 6.09 Å². The molecule has 40 heavy (non-hydrogen) atoms. The lowest BCUT2D eigenvalue weighted by Crippen LogP contribution is -2.52. The molecule has 0 bridgehead atoms. The summed E-state index contributed by atoms with van der Waals surface area (Å²) in [6.07, 6.45) is 17.5. The molecule has 1 N–H and O–H groups in total. The van der Waals surface area contributed by atoms with Crippen molar-refractivity contribution in [2.75, 3.05) is 6.61 Å². The average Bonchev–Trinajstić information content (AvgIpc) is 3.40. The summed E-state index contributed by atoms with van der Waals surface area (Å²) in [5.41, 5.74) is 2.81. The van der Waals surface area contributed by atoms with E-state index >= 15 is 0 Å². The Bertz CT molecular complexity index is 1150. The first-order valence-electron chi connectivity index (χ1n) is 15.9. The molecule has 7 heteroatoms. The maximum atomic E-state index is 12.5. The molecule has 0 unspecified atom stereocenters. The minimum atomic E-state index is -0.359. The Kier molecular flexibility index (Phi) is 6.58. The van der Waals surface area contributed by atoms with Crippen molar-refractivity contribution in [2.24, 2.45) is 46.3 Å². The number of fused-ring (bicyclic) bond motifs is 7. The molecule has 1 amide bonds. The first-order valence-corrected chi connectivity index (χ1v) is 15.9. The van der Waals surface area contributed by atoms with E-state index in [9.17, 15) is 4.79 Å². The molecule has 4 aliphatic carbocycles. The molecule has 7 rings (SSSR count). The van der Waals surface area contributed by atoms with Crippen molar-refractivity contribution >= 4 is 6.09 Å². The number of ether oxygens (including phenoxy) is 3. The Labute approximate surface area is 239 Å². The van der Waals surface area contributed by atoms with Gasteiger partial charge in [0.25, 0.3) is 0 Å². The van der Waals surface area contributed by atoms with Gasteiger partial charge in [-0.25, -0.2) is 4.79 Å². The van der Waals surface area contributed by atoms with Crippen molar-refractivity contribution in [3.8, 4) is 0 Å². The van der Waals surface area contributed by atoms with Crippen LogP contribution in [0.1, 0.15) is 91.2 Å². The fraction of sp³-hybridized carbons (Fsp3) is 0.788. The zero-order chi connectivity index (χ0) is 27.7. The minimum absolute atomic E-state index is 0.0546. The van der Waals surface area contributed by atoms with Crippen LogP contribution in [-0.2, 0) is 20.8 Å². The molecular formula is C33H47N3O4. The number of carbonyl (C=O) groups excluding carboxylic acids is 1. The molecule has 7 nitrogen and oxygen atoms in total. The number of nitrogens with one attached hydrogen (secondary N) is 1. The van der Waals surface area contributed by atoms with E-state index < -0.39 is 0 Å². The summed E-state index contributed by atoms with van der Waals surface area (Å²) in [5.74, 6) is 3.54. The summed E-state index contributed by atoms with van der Waals surface area (Å²) in [5, 5.41) is 2.84. The second-order valence-electron chi connectivity index (χ2n) is 14.6. The molecule has 2 saturated heterocycles. The second kappa shape index (κ2) is 9.79. The lowest BCUT2D eigenvalue weighted by molar-refractivity contribution is -0.272. The van der Waals surface area contributed by atoms with Crippen LogP contribution in [-0.4, -0.2) is 40.7 Å². The van der Waals surface area contributed by atoms with E-state index in [1.807, 2.05) is 0 Å². The van der Waals surface area contributed by atoms with Crippen LogP contribution in [0.4, 0.5) is 4.79 Å². The van der Waals surface area contributed by atoms with Gasteiger partial charge in [0, 0.05) is 31.2 Å². The number of amides is 1. The molecule has 3 heterocycles. The van der Waals surface area contributed by atoms with Crippen molar-refractivity contribution in [3.05, 3.63) is 35.9 Å². The SMILES string of the molecule is C[C@@H]1CC[C@@]2(OC1)O[C@H]1C[C@H]3[C@@H]4CC=C5C[C@@H](OC(=O)NCc6cnccn6)CC[C@]5(C)[C@H]4CC[C@]3(C)[C@H]1[C@@H]2C. The Morgan fingerprint density at radius 3 is 2.77 bits per heavy atom. The van der Waals surface area contributed by atoms with E-state index in [1.54, 1.807) is 18.6 Å². The molecular weight excluding hydrogens is 502 g/mol. The maximum absolute atomic E-state index is 12.5. The van der Waals surface area contributed by atoms with Crippen LogP contribution in [0.5, 0.6) is 0 Å². The van der Waals surface area contributed by atoms with Crippen molar-refractivity contribution in [3.63, 3.8) is 0 Å². The Morgan fingerprint density at radius 2 is 2.00 bits per heavy atom. The Balaban J connectivity index is 1.02. The summed E-state index contributed by atoms with van der Waals surface area (Å²) in [6.45, 7) is 11.0. The Hall–Kier alpha value is -1.99. The number of allylic oxidation sites excluding steroid dienone is 1. The van der Waals surface area contributed by atoms with E-state index in [4.69, 9.17) is 14.2 Å². The molecule has 1 aromatic rings.